The fourth-order valence-corrected chi connectivity index (χ4v) is 3.04. The third-order valence-electron chi connectivity index (χ3n) is 3.75. The standard InChI is InChI=1S/C16H16ClNO2/c1-20-13-8-4-7-12(17)14(13)16(19)15-11-6-3-2-5-10(11)9-18-15/h2-8,15-16,18-19H,9H2,1H3. The number of hydrogen-bond donors (Lipinski definition) is 2. The van der Waals surface area contributed by atoms with Crippen LogP contribution in [0, 0.1) is 0 Å². The molecule has 2 N–H and O–H groups in total. The third kappa shape index (κ3) is 2.18. The summed E-state index contributed by atoms with van der Waals surface area (Å²) in [5.41, 5.74) is 2.95. The first-order valence-corrected chi connectivity index (χ1v) is 6.92. The largest absolute Gasteiger partial charge is 0.496 e. The van der Waals surface area contributed by atoms with E-state index in [1.165, 1.54) is 5.56 Å². The number of hydrogen-bond acceptors (Lipinski definition) is 3. The van der Waals surface area contributed by atoms with Crippen LogP contribution in [0.4, 0.5) is 0 Å². The van der Waals surface area contributed by atoms with E-state index in [4.69, 9.17) is 16.3 Å². The number of methoxy groups -OCH3 is 1. The van der Waals surface area contributed by atoms with Crippen LogP contribution in [0.15, 0.2) is 42.5 Å². The second-order valence-corrected chi connectivity index (χ2v) is 5.27. The van der Waals surface area contributed by atoms with Crippen molar-refractivity contribution in [2.24, 2.45) is 0 Å². The maximum atomic E-state index is 10.7. The van der Waals surface area contributed by atoms with E-state index in [0.29, 0.717) is 16.3 Å². The molecule has 2 atom stereocenters. The molecule has 0 aliphatic carbocycles. The molecule has 2 unspecified atom stereocenters. The zero-order chi connectivity index (χ0) is 14.1. The number of ether oxygens (including phenoxy) is 1. The molecule has 1 heterocycles. The van der Waals surface area contributed by atoms with Crippen LogP contribution in [0.5, 0.6) is 5.75 Å². The number of benzene rings is 2. The fourth-order valence-electron chi connectivity index (χ4n) is 2.76. The Morgan fingerprint density at radius 1 is 1.25 bits per heavy atom. The first kappa shape index (κ1) is 13.4. The van der Waals surface area contributed by atoms with E-state index in [1.807, 2.05) is 30.3 Å². The van der Waals surface area contributed by atoms with Crippen LogP contribution < -0.4 is 10.1 Å². The highest BCUT2D eigenvalue weighted by atomic mass is 35.5. The van der Waals surface area contributed by atoms with Crippen molar-refractivity contribution in [3.8, 4) is 5.75 Å². The summed E-state index contributed by atoms with van der Waals surface area (Å²) < 4.78 is 5.32. The van der Waals surface area contributed by atoms with Crippen molar-refractivity contribution in [1.29, 1.82) is 0 Å². The van der Waals surface area contributed by atoms with Gasteiger partial charge in [0.25, 0.3) is 0 Å². The molecule has 3 nitrogen and oxygen atoms in total. The zero-order valence-electron chi connectivity index (χ0n) is 11.1. The summed E-state index contributed by atoms with van der Waals surface area (Å²) in [7, 11) is 1.58. The number of nitrogens with one attached hydrogen (secondary N) is 1. The Hall–Kier alpha value is -1.55. The Kier molecular flexibility index (Phi) is 3.66. The minimum Gasteiger partial charge on any atom is -0.496 e. The van der Waals surface area contributed by atoms with Crippen molar-refractivity contribution in [2.45, 2.75) is 18.7 Å². The average molecular weight is 290 g/mol. The molecule has 1 aliphatic rings. The van der Waals surface area contributed by atoms with Crippen molar-refractivity contribution in [3.63, 3.8) is 0 Å². The van der Waals surface area contributed by atoms with Crippen LogP contribution >= 0.6 is 11.6 Å². The van der Waals surface area contributed by atoms with Crippen LogP contribution in [-0.4, -0.2) is 12.2 Å². The topological polar surface area (TPSA) is 41.5 Å². The first-order chi connectivity index (χ1) is 9.72. The third-order valence-corrected chi connectivity index (χ3v) is 4.08. The summed E-state index contributed by atoms with van der Waals surface area (Å²) in [5.74, 6) is 0.608. The van der Waals surface area contributed by atoms with Gasteiger partial charge >= 0.3 is 0 Å². The van der Waals surface area contributed by atoms with E-state index in [2.05, 4.69) is 11.4 Å². The van der Waals surface area contributed by atoms with Gasteiger partial charge in [0.1, 0.15) is 11.9 Å². The lowest BCUT2D eigenvalue weighted by Gasteiger charge is -2.23. The van der Waals surface area contributed by atoms with Gasteiger partial charge in [-0.2, -0.15) is 0 Å². The number of aliphatic hydroxyl groups excluding tert-OH is 1. The van der Waals surface area contributed by atoms with Crippen molar-refractivity contribution >= 4 is 11.6 Å². The molecule has 0 aromatic heterocycles. The summed E-state index contributed by atoms with van der Waals surface area (Å²) in [6, 6.07) is 13.3. The normalized spacial score (nSPS) is 18.6. The van der Waals surface area contributed by atoms with Crippen molar-refractivity contribution in [3.05, 3.63) is 64.2 Å². The van der Waals surface area contributed by atoms with Gasteiger partial charge in [0.15, 0.2) is 0 Å². The zero-order valence-corrected chi connectivity index (χ0v) is 11.9. The molecule has 0 fully saturated rings. The van der Waals surface area contributed by atoms with Crippen LogP contribution in [0.25, 0.3) is 0 Å². The highest BCUT2D eigenvalue weighted by Crippen LogP contribution is 2.41. The summed E-state index contributed by atoms with van der Waals surface area (Å²) in [6.07, 6.45) is -0.748. The summed E-state index contributed by atoms with van der Waals surface area (Å²) in [4.78, 5) is 0. The average Bonchev–Trinajstić information content (AvgIpc) is 2.90. The summed E-state index contributed by atoms with van der Waals surface area (Å²) in [5, 5.41) is 14.6. The lowest BCUT2D eigenvalue weighted by Crippen LogP contribution is -2.21. The highest BCUT2D eigenvalue weighted by Gasteiger charge is 2.31. The van der Waals surface area contributed by atoms with Crippen LogP contribution in [0.1, 0.15) is 28.8 Å². The molecule has 0 radical (unpaired) electrons. The number of rotatable bonds is 3. The van der Waals surface area contributed by atoms with Crippen LogP contribution in [-0.2, 0) is 6.54 Å². The molecule has 0 saturated carbocycles. The number of aliphatic hydroxyl groups is 1. The van der Waals surface area contributed by atoms with E-state index >= 15 is 0 Å². The van der Waals surface area contributed by atoms with Crippen LogP contribution in [0.2, 0.25) is 5.02 Å². The van der Waals surface area contributed by atoms with Crippen LogP contribution in [0.3, 0.4) is 0 Å². The Morgan fingerprint density at radius 3 is 2.85 bits per heavy atom. The van der Waals surface area contributed by atoms with Gasteiger partial charge in [0, 0.05) is 12.1 Å². The molecule has 3 rings (SSSR count). The molecule has 2 aromatic carbocycles. The van der Waals surface area contributed by atoms with Gasteiger partial charge in [-0.1, -0.05) is 41.9 Å². The molecular formula is C16H16ClNO2. The summed E-state index contributed by atoms with van der Waals surface area (Å²) >= 11 is 6.24. The van der Waals surface area contributed by atoms with E-state index in [9.17, 15) is 5.11 Å². The SMILES string of the molecule is COc1cccc(Cl)c1C(O)C1NCc2ccccc21. The predicted octanol–water partition coefficient (Wildman–Crippen LogP) is 3.23. The molecule has 0 spiro atoms. The molecule has 0 amide bonds. The lowest BCUT2D eigenvalue weighted by molar-refractivity contribution is 0.130. The maximum Gasteiger partial charge on any atom is 0.126 e. The minimum atomic E-state index is -0.748. The van der Waals surface area contributed by atoms with Crippen molar-refractivity contribution in [1.82, 2.24) is 5.32 Å². The number of halogens is 1. The first-order valence-electron chi connectivity index (χ1n) is 6.54. The molecule has 1 aliphatic heterocycles. The summed E-state index contributed by atoms with van der Waals surface area (Å²) in [6.45, 7) is 0.755. The predicted molar refractivity (Wildman–Crippen MR) is 79.0 cm³/mol. The quantitative estimate of drug-likeness (QED) is 0.911. The lowest BCUT2D eigenvalue weighted by atomic mass is 9.95. The van der Waals surface area contributed by atoms with E-state index in [0.717, 1.165) is 12.1 Å². The monoisotopic (exact) mass is 289 g/mol. The molecular weight excluding hydrogens is 274 g/mol. The minimum absolute atomic E-state index is 0.167. The molecule has 4 heteroatoms. The molecule has 104 valence electrons. The van der Waals surface area contributed by atoms with Gasteiger partial charge in [-0.05, 0) is 23.3 Å². The molecule has 0 saturated heterocycles. The van der Waals surface area contributed by atoms with Gasteiger partial charge in [-0.15, -0.1) is 0 Å². The van der Waals surface area contributed by atoms with E-state index in [-0.39, 0.29) is 6.04 Å². The Balaban J connectivity index is 2.01. The van der Waals surface area contributed by atoms with Crippen molar-refractivity contribution in [2.75, 3.05) is 7.11 Å². The fraction of sp³-hybridized carbons (Fsp3) is 0.250. The van der Waals surface area contributed by atoms with Gasteiger partial charge < -0.3 is 15.2 Å². The number of fused-ring (bicyclic) bond motifs is 1. The molecule has 0 bridgehead atoms. The van der Waals surface area contributed by atoms with Gasteiger partial charge in [0.05, 0.1) is 18.2 Å². The molecule has 20 heavy (non-hydrogen) atoms. The highest BCUT2D eigenvalue weighted by molar-refractivity contribution is 6.31. The Morgan fingerprint density at radius 2 is 2.05 bits per heavy atom. The molecule has 2 aromatic rings. The van der Waals surface area contributed by atoms with Gasteiger partial charge in [-0.25, -0.2) is 0 Å². The van der Waals surface area contributed by atoms with E-state index < -0.39 is 6.10 Å². The Labute approximate surface area is 123 Å². The Bertz CT molecular complexity index is 630. The van der Waals surface area contributed by atoms with Gasteiger partial charge in [0.2, 0.25) is 0 Å². The van der Waals surface area contributed by atoms with Crippen molar-refractivity contribution < 1.29 is 9.84 Å². The van der Waals surface area contributed by atoms with Gasteiger partial charge in [-0.3, -0.25) is 0 Å². The van der Waals surface area contributed by atoms with E-state index in [1.54, 1.807) is 13.2 Å². The second-order valence-electron chi connectivity index (χ2n) is 4.86. The second kappa shape index (κ2) is 5.44. The smallest absolute Gasteiger partial charge is 0.126 e. The maximum absolute atomic E-state index is 10.7.